The third-order valence-corrected chi connectivity index (χ3v) is 2.53. The molecule has 4 N–H and O–H groups in total. The summed E-state index contributed by atoms with van der Waals surface area (Å²) in [5.74, 6) is 4.86. The van der Waals surface area contributed by atoms with Gasteiger partial charge in [-0.2, -0.15) is 10.4 Å². The van der Waals surface area contributed by atoms with Crippen molar-refractivity contribution in [2.24, 2.45) is 16.7 Å². The molecule has 1 aromatic carbocycles. The summed E-state index contributed by atoms with van der Waals surface area (Å²) in [7, 11) is 0. The van der Waals surface area contributed by atoms with Crippen LogP contribution in [0.4, 0.5) is 4.39 Å². The molecule has 1 aromatic rings. The largest absolute Gasteiger partial charge is 0.377 e. The van der Waals surface area contributed by atoms with Gasteiger partial charge in [0.2, 0.25) is 0 Å². The minimum atomic E-state index is -0.369. The van der Waals surface area contributed by atoms with Crippen molar-refractivity contribution in [2.75, 3.05) is 0 Å². The van der Waals surface area contributed by atoms with Crippen LogP contribution in [0.25, 0.3) is 0 Å². The molecule has 0 heterocycles. The Kier molecular flexibility index (Phi) is 3.94. The van der Waals surface area contributed by atoms with Crippen molar-refractivity contribution in [3.8, 4) is 6.07 Å². The molecule has 4 nitrogen and oxygen atoms in total. The fourth-order valence-corrected chi connectivity index (χ4v) is 1.54. The number of hydrogen-bond acceptors (Lipinski definition) is 4. The van der Waals surface area contributed by atoms with Crippen molar-refractivity contribution in [3.63, 3.8) is 0 Å². The smallest absolute Gasteiger partial charge is 0.177 e. The van der Waals surface area contributed by atoms with E-state index in [1.807, 2.05) is 6.07 Å². The summed E-state index contributed by atoms with van der Waals surface area (Å²) in [6.45, 7) is 0. The molecule has 0 amide bonds. The van der Waals surface area contributed by atoms with Crippen molar-refractivity contribution >= 4 is 16.9 Å². The lowest BCUT2D eigenvalue weighted by Crippen LogP contribution is -2.09. The molecule has 0 aliphatic carbocycles. The molecule has 6 heteroatoms. The number of amidine groups is 1. The van der Waals surface area contributed by atoms with Crippen LogP contribution in [-0.4, -0.2) is 5.17 Å². The monoisotopic (exact) mass is 224 g/mol. The third-order valence-electron chi connectivity index (χ3n) is 1.68. The quantitative estimate of drug-likeness (QED) is 0.341. The zero-order valence-corrected chi connectivity index (χ0v) is 8.59. The molecular weight excluding hydrogens is 215 g/mol. The lowest BCUT2D eigenvalue weighted by atomic mass is 10.1. The van der Waals surface area contributed by atoms with Crippen LogP contribution in [0.3, 0.4) is 0 Å². The minimum Gasteiger partial charge on any atom is -0.377 e. The molecule has 0 aliphatic heterocycles. The highest BCUT2D eigenvalue weighted by Crippen LogP contribution is 2.16. The van der Waals surface area contributed by atoms with E-state index in [2.05, 4.69) is 5.10 Å². The van der Waals surface area contributed by atoms with Gasteiger partial charge in [-0.1, -0.05) is 11.8 Å². The second-order valence-electron chi connectivity index (χ2n) is 2.67. The molecule has 0 spiro atoms. The summed E-state index contributed by atoms with van der Waals surface area (Å²) in [5, 5.41) is 12.1. The number of nitrogens with zero attached hydrogens (tertiary/aromatic N) is 2. The molecular formula is C9H9FN4S. The first-order valence-electron chi connectivity index (χ1n) is 4.02. The number of hydrazone groups is 1. The second kappa shape index (κ2) is 5.22. The summed E-state index contributed by atoms with van der Waals surface area (Å²) in [6.07, 6.45) is 0. The zero-order chi connectivity index (χ0) is 11.3. The molecule has 0 unspecified atom stereocenters. The SMILES string of the molecule is N#Cc1ccc(F)c(CSC(N)=NN)c1. The van der Waals surface area contributed by atoms with E-state index in [1.54, 1.807) is 0 Å². The van der Waals surface area contributed by atoms with Gasteiger partial charge in [-0.05, 0) is 23.8 Å². The number of hydrogen-bond donors (Lipinski definition) is 2. The van der Waals surface area contributed by atoms with Gasteiger partial charge in [-0.3, -0.25) is 0 Å². The fourth-order valence-electron chi connectivity index (χ4n) is 0.944. The van der Waals surface area contributed by atoms with Crippen LogP contribution in [0.15, 0.2) is 23.3 Å². The lowest BCUT2D eigenvalue weighted by molar-refractivity contribution is 0.617. The normalized spacial score (nSPS) is 11.1. The summed E-state index contributed by atoms with van der Waals surface area (Å²) in [6, 6.07) is 6.09. The standard InChI is InChI=1S/C9H9FN4S/c10-8-2-1-6(4-11)3-7(8)5-15-9(12)14-13/h1-3H,5,13H2,(H2,12,14). The number of benzene rings is 1. The number of thioether (sulfide) groups is 1. The molecule has 15 heavy (non-hydrogen) atoms. The van der Waals surface area contributed by atoms with E-state index in [1.165, 1.54) is 18.2 Å². The van der Waals surface area contributed by atoms with Gasteiger partial charge in [0, 0.05) is 5.75 Å². The molecule has 0 bridgehead atoms. The first-order chi connectivity index (χ1) is 7.17. The highest BCUT2D eigenvalue weighted by atomic mass is 32.2. The Morgan fingerprint density at radius 3 is 2.93 bits per heavy atom. The first kappa shape index (κ1) is 11.3. The van der Waals surface area contributed by atoms with E-state index in [-0.39, 0.29) is 11.0 Å². The molecule has 78 valence electrons. The molecule has 0 saturated heterocycles. The average molecular weight is 224 g/mol. The van der Waals surface area contributed by atoms with Crippen molar-refractivity contribution in [1.29, 1.82) is 5.26 Å². The topological polar surface area (TPSA) is 88.2 Å². The zero-order valence-electron chi connectivity index (χ0n) is 7.77. The van der Waals surface area contributed by atoms with E-state index >= 15 is 0 Å². The van der Waals surface area contributed by atoms with Crippen molar-refractivity contribution in [1.82, 2.24) is 0 Å². The van der Waals surface area contributed by atoms with Crippen LogP contribution in [0.2, 0.25) is 0 Å². The first-order valence-corrected chi connectivity index (χ1v) is 5.00. The van der Waals surface area contributed by atoms with Crippen LogP contribution in [0.5, 0.6) is 0 Å². The Balaban J connectivity index is 2.81. The Morgan fingerprint density at radius 2 is 2.33 bits per heavy atom. The average Bonchev–Trinajstić information content (AvgIpc) is 2.27. The second-order valence-corrected chi connectivity index (χ2v) is 3.67. The summed E-state index contributed by atoms with van der Waals surface area (Å²) in [4.78, 5) is 0. The Morgan fingerprint density at radius 1 is 1.60 bits per heavy atom. The molecule has 0 radical (unpaired) electrons. The molecule has 0 aliphatic rings. The van der Waals surface area contributed by atoms with Crippen LogP contribution >= 0.6 is 11.8 Å². The highest BCUT2D eigenvalue weighted by molar-refractivity contribution is 8.13. The number of halogens is 1. The maximum Gasteiger partial charge on any atom is 0.177 e. The van der Waals surface area contributed by atoms with Gasteiger partial charge in [0.25, 0.3) is 0 Å². The molecule has 0 aromatic heterocycles. The van der Waals surface area contributed by atoms with E-state index in [4.69, 9.17) is 16.8 Å². The highest BCUT2D eigenvalue weighted by Gasteiger charge is 2.04. The summed E-state index contributed by atoms with van der Waals surface area (Å²) < 4.78 is 13.2. The Hall–Kier alpha value is -1.74. The van der Waals surface area contributed by atoms with Crippen LogP contribution in [0, 0.1) is 17.1 Å². The maximum absolute atomic E-state index is 13.2. The number of nitriles is 1. The predicted molar refractivity (Wildman–Crippen MR) is 58.2 cm³/mol. The molecule has 0 atom stereocenters. The van der Waals surface area contributed by atoms with Gasteiger partial charge in [0.15, 0.2) is 5.17 Å². The fraction of sp³-hybridized carbons (Fsp3) is 0.111. The van der Waals surface area contributed by atoms with Crippen molar-refractivity contribution < 1.29 is 4.39 Å². The predicted octanol–water partition coefficient (Wildman–Crippen LogP) is 1.12. The van der Waals surface area contributed by atoms with E-state index < -0.39 is 0 Å². The van der Waals surface area contributed by atoms with Crippen LogP contribution in [-0.2, 0) is 5.75 Å². The summed E-state index contributed by atoms with van der Waals surface area (Å²) in [5.41, 5.74) is 6.16. The Bertz CT molecular complexity index is 425. The number of rotatable bonds is 2. The van der Waals surface area contributed by atoms with Crippen LogP contribution < -0.4 is 11.6 Å². The van der Waals surface area contributed by atoms with E-state index in [9.17, 15) is 4.39 Å². The minimum absolute atomic E-state index is 0.178. The van der Waals surface area contributed by atoms with Crippen LogP contribution in [0.1, 0.15) is 11.1 Å². The van der Waals surface area contributed by atoms with Gasteiger partial charge >= 0.3 is 0 Å². The Labute approximate surface area is 90.8 Å². The lowest BCUT2D eigenvalue weighted by Gasteiger charge is -2.02. The van der Waals surface area contributed by atoms with Crippen molar-refractivity contribution in [3.05, 3.63) is 35.1 Å². The van der Waals surface area contributed by atoms with Crippen molar-refractivity contribution in [2.45, 2.75) is 5.75 Å². The van der Waals surface area contributed by atoms with E-state index in [0.717, 1.165) is 11.8 Å². The van der Waals surface area contributed by atoms with E-state index in [0.29, 0.717) is 16.9 Å². The van der Waals surface area contributed by atoms with Gasteiger partial charge in [-0.15, -0.1) is 0 Å². The molecule has 0 saturated carbocycles. The summed E-state index contributed by atoms with van der Waals surface area (Å²) >= 11 is 1.12. The molecule has 0 fully saturated rings. The number of nitrogens with two attached hydrogens (primary N) is 2. The van der Waals surface area contributed by atoms with Gasteiger partial charge in [-0.25, -0.2) is 4.39 Å². The third kappa shape index (κ3) is 3.14. The van der Waals surface area contributed by atoms with Gasteiger partial charge in [0.1, 0.15) is 5.82 Å². The molecule has 1 rings (SSSR count). The van der Waals surface area contributed by atoms with Gasteiger partial charge in [0.05, 0.1) is 11.6 Å². The van der Waals surface area contributed by atoms with Gasteiger partial charge < -0.3 is 11.6 Å². The maximum atomic E-state index is 13.2.